The molecular weight excluding hydrogens is 320 g/mol. The predicted molar refractivity (Wildman–Crippen MR) is 96.9 cm³/mol. The van der Waals surface area contributed by atoms with Crippen LogP contribution in [0.25, 0.3) is 0 Å². The number of piperidine rings is 1. The molecule has 1 amide bonds. The van der Waals surface area contributed by atoms with E-state index in [0.29, 0.717) is 12.3 Å². The first-order valence-electron chi connectivity index (χ1n) is 8.68. The molecule has 0 atom stereocenters. The van der Waals surface area contributed by atoms with Crippen LogP contribution in [-0.2, 0) is 24.8 Å². The van der Waals surface area contributed by atoms with Gasteiger partial charge in [-0.05, 0) is 55.3 Å². The van der Waals surface area contributed by atoms with E-state index in [2.05, 4.69) is 32.8 Å². The van der Waals surface area contributed by atoms with Gasteiger partial charge in [0, 0.05) is 37.6 Å². The molecule has 0 aromatic carbocycles. The van der Waals surface area contributed by atoms with Crippen LogP contribution in [0.3, 0.4) is 0 Å². The minimum atomic E-state index is 0.153. The van der Waals surface area contributed by atoms with E-state index in [0.717, 1.165) is 38.2 Å². The number of aromatic nitrogens is 2. The molecular formula is C18H26N4OS. The lowest BCUT2D eigenvalue weighted by molar-refractivity contribution is -0.121. The van der Waals surface area contributed by atoms with E-state index in [1.54, 1.807) is 4.68 Å². The number of hydrogen-bond acceptors (Lipinski definition) is 4. The molecule has 1 aliphatic rings. The number of hydrogen-bond donors (Lipinski definition) is 1. The Labute approximate surface area is 147 Å². The molecule has 1 aliphatic heterocycles. The fourth-order valence-corrected chi connectivity index (χ4v) is 3.92. The zero-order valence-corrected chi connectivity index (χ0v) is 15.1. The molecule has 0 radical (unpaired) electrons. The molecule has 0 aliphatic carbocycles. The van der Waals surface area contributed by atoms with E-state index in [1.807, 2.05) is 30.8 Å². The van der Waals surface area contributed by atoms with Crippen LogP contribution >= 0.6 is 11.3 Å². The monoisotopic (exact) mass is 346 g/mol. The van der Waals surface area contributed by atoms with Crippen molar-refractivity contribution < 1.29 is 4.79 Å². The van der Waals surface area contributed by atoms with Gasteiger partial charge in [-0.25, -0.2) is 0 Å². The van der Waals surface area contributed by atoms with Crippen molar-refractivity contribution in [3.8, 4) is 0 Å². The summed E-state index contributed by atoms with van der Waals surface area (Å²) < 4.78 is 1.78. The van der Waals surface area contributed by atoms with Gasteiger partial charge < -0.3 is 5.32 Å². The van der Waals surface area contributed by atoms with Crippen LogP contribution in [0.4, 0.5) is 0 Å². The van der Waals surface area contributed by atoms with Gasteiger partial charge in [-0.3, -0.25) is 14.4 Å². The molecule has 130 valence electrons. The summed E-state index contributed by atoms with van der Waals surface area (Å²) in [6.45, 7) is 4.16. The largest absolute Gasteiger partial charge is 0.356 e. The van der Waals surface area contributed by atoms with Crippen molar-refractivity contribution in [3.63, 3.8) is 0 Å². The second-order valence-corrected chi connectivity index (χ2v) is 7.66. The number of aryl methyl sites for hydroxylation is 2. The van der Waals surface area contributed by atoms with Crippen LogP contribution in [0, 0.1) is 5.92 Å². The van der Waals surface area contributed by atoms with E-state index >= 15 is 0 Å². The molecule has 0 spiro atoms. The van der Waals surface area contributed by atoms with Crippen molar-refractivity contribution in [2.24, 2.45) is 13.0 Å². The number of nitrogens with zero attached hydrogens (tertiary/aromatic N) is 3. The molecule has 2 aromatic heterocycles. The molecule has 24 heavy (non-hydrogen) atoms. The first-order chi connectivity index (χ1) is 11.7. The molecule has 0 unspecified atom stereocenters. The number of thiophene rings is 1. The molecule has 3 rings (SSSR count). The molecule has 5 nitrogen and oxygen atoms in total. The van der Waals surface area contributed by atoms with Crippen molar-refractivity contribution in [3.05, 3.63) is 40.3 Å². The Hall–Kier alpha value is -1.66. The normalized spacial score (nSPS) is 16.4. The third-order valence-corrected chi connectivity index (χ3v) is 5.51. The van der Waals surface area contributed by atoms with Gasteiger partial charge in [-0.1, -0.05) is 6.07 Å². The standard InChI is InChI=1S/C18H26N4OS/c1-21-13-16(12-20-21)4-5-18(23)19-11-15-6-8-22(9-7-15)14-17-3-2-10-24-17/h2-3,10,12-13,15H,4-9,11,14H2,1H3,(H,19,23). The summed E-state index contributed by atoms with van der Waals surface area (Å²) in [5.41, 5.74) is 1.12. The highest BCUT2D eigenvalue weighted by Crippen LogP contribution is 2.20. The summed E-state index contributed by atoms with van der Waals surface area (Å²) in [5, 5.41) is 9.38. The van der Waals surface area contributed by atoms with Gasteiger partial charge >= 0.3 is 0 Å². The summed E-state index contributed by atoms with van der Waals surface area (Å²) in [7, 11) is 1.90. The first kappa shape index (κ1) is 17.2. The van der Waals surface area contributed by atoms with E-state index in [-0.39, 0.29) is 5.91 Å². The number of amides is 1. The van der Waals surface area contributed by atoms with Crippen LogP contribution in [0.15, 0.2) is 29.9 Å². The Kier molecular flexibility index (Phi) is 6.04. The highest BCUT2D eigenvalue weighted by molar-refractivity contribution is 7.09. The van der Waals surface area contributed by atoms with Gasteiger partial charge in [-0.2, -0.15) is 5.10 Å². The maximum atomic E-state index is 12.0. The zero-order chi connectivity index (χ0) is 16.8. The van der Waals surface area contributed by atoms with Crippen LogP contribution in [0.5, 0.6) is 0 Å². The van der Waals surface area contributed by atoms with Gasteiger partial charge in [0.25, 0.3) is 0 Å². The van der Waals surface area contributed by atoms with Crippen LogP contribution in [0.2, 0.25) is 0 Å². The van der Waals surface area contributed by atoms with Crippen molar-refractivity contribution >= 4 is 17.2 Å². The second-order valence-electron chi connectivity index (χ2n) is 6.63. The van der Waals surface area contributed by atoms with Crippen molar-refractivity contribution in [2.45, 2.75) is 32.2 Å². The molecule has 1 N–H and O–H groups in total. The summed E-state index contributed by atoms with van der Waals surface area (Å²) >= 11 is 1.83. The Morgan fingerprint density at radius 2 is 2.25 bits per heavy atom. The topological polar surface area (TPSA) is 50.2 Å². The number of nitrogens with one attached hydrogen (secondary N) is 1. The number of likely N-dealkylation sites (tertiary alicyclic amines) is 1. The average molecular weight is 347 g/mol. The quantitative estimate of drug-likeness (QED) is 0.838. The zero-order valence-electron chi connectivity index (χ0n) is 14.3. The summed E-state index contributed by atoms with van der Waals surface area (Å²) in [6, 6.07) is 4.33. The molecule has 3 heterocycles. The second kappa shape index (κ2) is 8.44. The third kappa shape index (κ3) is 5.18. The SMILES string of the molecule is Cn1cc(CCC(=O)NCC2CCN(Cc3cccs3)CC2)cn1. The summed E-state index contributed by atoms with van der Waals surface area (Å²) in [5.74, 6) is 0.770. The van der Waals surface area contributed by atoms with Gasteiger partial charge in [0.1, 0.15) is 0 Å². The van der Waals surface area contributed by atoms with Crippen LogP contribution in [0.1, 0.15) is 29.7 Å². The summed E-state index contributed by atoms with van der Waals surface area (Å²) in [6.07, 6.45) is 7.46. The molecule has 0 bridgehead atoms. The molecule has 1 saturated heterocycles. The lowest BCUT2D eigenvalue weighted by atomic mass is 9.96. The Balaban J connectivity index is 1.30. The van der Waals surface area contributed by atoms with E-state index in [4.69, 9.17) is 0 Å². The minimum absolute atomic E-state index is 0.153. The summed E-state index contributed by atoms with van der Waals surface area (Å²) in [4.78, 5) is 16.0. The fraction of sp³-hybridized carbons (Fsp3) is 0.556. The number of carbonyl (C=O) groups is 1. The van der Waals surface area contributed by atoms with E-state index in [9.17, 15) is 4.79 Å². The van der Waals surface area contributed by atoms with Crippen LogP contribution < -0.4 is 5.32 Å². The fourth-order valence-electron chi connectivity index (χ4n) is 3.18. The molecule has 2 aromatic rings. The molecule has 1 fully saturated rings. The Morgan fingerprint density at radius 1 is 1.42 bits per heavy atom. The van der Waals surface area contributed by atoms with E-state index < -0.39 is 0 Å². The van der Waals surface area contributed by atoms with Gasteiger partial charge in [-0.15, -0.1) is 11.3 Å². The highest BCUT2D eigenvalue weighted by Gasteiger charge is 2.19. The Bertz CT molecular complexity index is 629. The average Bonchev–Trinajstić information content (AvgIpc) is 3.24. The van der Waals surface area contributed by atoms with Crippen molar-refractivity contribution in [1.29, 1.82) is 0 Å². The molecule has 6 heteroatoms. The lowest BCUT2D eigenvalue weighted by Gasteiger charge is -2.31. The molecule has 0 saturated carbocycles. The van der Waals surface area contributed by atoms with Crippen LogP contribution in [-0.4, -0.2) is 40.2 Å². The minimum Gasteiger partial charge on any atom is -0.356 e. The van der Waals surface area contributed by atoms with Gasteiger partial charge in [0.05, 0.1) is 6.20 Å². The van der Waals surface area contributed by atoms with Crippen molar-refractivity contribution in [2.75, 3.05) is 19.6 Å². The van der Waals surface area contributed by atoms with E-state index in [1.165, 1.54) is 17.7 Å². The predicted octanol–water partition coefficient (Wildman–Crippen LogP) is 2.44. The Morgan fingerprint density at radius 3 is 2.92 bits per heavy atom. The lowest BCUT2D eigenvalue weighted by Crippen LogP contribution is -2.38. The van der Waals surface area contributed by atoms with Gasteiger partial charge in [0.15, 0.2) is 0 Å². The number of rotatable bonds is 7. The van der Waals surface area contributed by atoms with Crippen molar-refractivity contribution in [1.82, 2.24) is 20.0 Å². The highest BCUT2D eigenvalue weighted by atomic mass is 32.1. The van der Waals surface area contributed by atoms with Gasteiger partial charge in [0.2, 0.25) is 5.91 Å². The maximum Gasteiger partial charge on any atom is 0.220 e. The smallest absolute Gasteiger partial charge is 0.220 e. The maximum absolute atomic E-state index is 12.0. The third-order valence-electron chi connectivity index (χ3n) is 4.65. The number of carbonyl (C=O) groups excluding carboxylic acids is 1. The first-order valence-corrected chi connectivity index (χ1v) is 9.56.